The van der Waals surface area contributed by atoms with Gasteiger partial charge in [0.1, 0.15) is 17.5 Å². The molecule has 0 amide bonds. The van der Waals surface area contributed by atoms with Crippen LogP contribution in [0.4, 0.5) is 10.2 Å². The van der Waals surface area contributed by atoms with Crippen LogP contribution in [0.3, 0.4) is 0 Å². The number of hydrogen-bond donors (Lipinski definition) is 3. The van der Waals surface area contributed by atoms with E-state index in [2.05, 4.69) is 11.6 Å². The molecule has 1 aromatic rings. The number of aliphatic hydroxyl groups excluding tert-OH is 2. The second-order valence-electron chi connectivity index (χ2n) is 4.13. The predicted octanol–water partition coefficient (Wildman–Crippen LogP) is -1.03. The van der Waals surface area contributed by atoms with E-state index in [-0.39, 0.29) is 5.82 Å². The summed E-state index contributed by atoms with van der Waals surface area (Å²) in [5.74, 6) is -0.0361. The summed E-state index contributed by atoms with van der Waals surface area (Å²) in [6.07, 6.45) is -3.25. The first-order valence-electron chi connectivity index (χ1n) is 5.99. The average Bonchev–Trinajstić information content (AvgIpc) is 2.64. The number of rotatable bonds is 3. The van der Waals surface area contributed by atoms with Gasteiger partial charge in [-0.25, -0.2) is 9.18 Å². The van der Waals surface area contributed by atoms with E-state index >= 15 is 0 Å². The zero-order valence-corrected chi connectivity index (χ0v) is 9.81. The first-order chi connectivity index (χ1) is 9.33. The SMILES string of the molecule is [2H]C(O)[C@@]1(C=C)O[C@@H](n2ccc(N)nc2=O)[C@H](O)[C@@H]1F. The van der Waals surface area contributed by atoms with E-state index in [1.54, 1.807) is 0 Å². The number of nitrogens with two attached hydrogens (primary N) is 1. The smallest absolute Gasteiger partial charge is 0.351 e. The zero-order chi connectivity index (χ0) is 15.1. The molecule has 0 bridgehead atoms. The summed E-state index contributed by atoms with van der Waals surface area (Å²) in [6.45, 7) is 1.30. The standard InChI is InChI=1S/C11H14FN3O4/c1-2-11(5-16)8(12)7(17)9(19-11)15-4-3-6(13)14-10(15)18/h2-4,7-9,16-17H,1,5H2,(H2,13,14,18)/t7-,8+,9-,11-/m1/s1/i5D/t5?,7-,8+,9-,11-. The molecule has 0 saturated carbocycles. The van der Waals surface area contributed by atoms with Crippen LogP contribution >= 0.6 is 0 Å². The monoisotopic (exact) mass is 272 g/mol. The Kier molecular flexibility index (Phi) is 3.05. The van der Waals surface area contributed by atoms with E-state index in [4.69, 9.17) is 11.8 Å². The molecule has 8 heteroatoms. The molecule has 7 nitrogen and oxygen atoms in total. The highest BCUT2D eigenvalue weighted by Crippen LogP contribution is 2.39. The van der Waals surface area contributed by atoms with Crippen LogP contribution < -0.4 is 11.4 Å². The van der Waals surface area contributed by atoms with Crippen LogP contribution in [0, 0.1) is 0 Å². The van der Waals surface area contributed by atoms with Crippen LogP contribution in [-0.4, -0.2) is 44.2 Å². The van der Waals surface area contributed by atoms with Crippen molar-refractivity contribution in [3.63, 3.8) is 0 Å². The predicted molar refractivity (Wildman–Crippen MR) is 63.9 cm³/mol. The van der Waals surface area contributed by atoms with E-state index in [9.17, 15) is 19.4 Å². The molecule has 5 atom stereocenters. The summed E-state index contributed by atoms with van der Waals surface area (Å²) < 4.78 is 27.4. The van der Waals surface area contributed by atoms with Crippen LogP contribution in [-0.2, 0) is 4.74 Å². The van der Waals surface area contributed by atoms with Crippen LogP contribution in [0.1, 0.15) is 7.60 Å². The highest BCUT2D eigenvalue weighted by atomic mass is 19.1. The lowest BCUT2D eigenvalue weighted by molar-refractivity contribution is -0.0925. The molecule has 0 radical (unpaired) electrons. The molecule has 19 heavy (non-hydrogen) atoms. The number of anilines is 1. The molecule has 2 heterocycles. The summed E-state index contributed by atoms with van der Waals surface area (Å²) >= 11 is 0. The second-order valence-corrected chi connectivity index (χ2v) is 4.13. The van der Waals surface area contributed by atoms with E-state index in [1.807, 2.05) is 0 Å². The van der Waals surface area contributed by atoms with Crippen LogP contribution in [0.25, 0.3) is 0 Å². The molecular formula is C11H14FN3O4. The molecule has 1 aliphatic rings. The molecule has 0 spiro atoms. The number of hydrogen-bond acceptors (Lipinski definition) is 6. The molecule has 0 aliphatic carbocycles. The highest BCUT2D eigenvalue weighted by Gasteiger charge is 2.54. The first kappa shape index (κ1) is 12.3. The van der Waals surface area contributed by atoms with Crippen molar-refractivity contribution in [3.05, 3.63) is 35.4 Å². The van der Waals surface area contributed by atoms with Crippen molar-refractivity contribution in [2.45, 2.75) is 24.1 Å². The number of nitrogens with zero attached hydrogens (tertiary/aromatic N) is 2. The maximum absolute atomic E-state index is 14.1. The molecule has 104 valence electrons. The van der Waals surface area contributed by atoms with Gasteiger partial charge in [0.05, 0.1) is 7.95 Å². The Bertz CT molecular complexity index is 581. The molecule has 4 N–H and O–H groups in total. The summed E-state index contributed by atoms with van der Waals surface area (Å²) in [6, 6.07) is 1.27. The van der Waals surface area contributed by atoms with Gasteiger partial charge < -0.3 is 20.7 Å². The van der Waals surface area contributed by atoms with Crippen molar-refractivity contribution in [2.75, 3.05) is 12.3 Å². The van der Waals surface area contributed by atoms with Gasteiger partial charge in [0.15, 0.2) is 12.4 Å². The molecule has 1 unspecified atom stereocenters. The van der Waals surface area contributed by atoms with Crippen molar-refractivity contribution in [1.82, 2.24) is 9.55 Å². The van der Waals surface area contributed by atoms with Crippen molar-refractivity contribution < 1.29 is 20.7 Å². The Morgan fingerprint density at radius 3 is 3.00 bits per heavy atom. The Hall–Kier alpha value is -1.77. The number of aliphatic hydroxyl groups is 2. The third-order valence-electron chi connectivity index (χ3n) is 2.99. The quantitative estimate of drug-likeness (QED) is 0.607. The summed E-state index contributed by atoms with van der Waals surface area (Å²) in [4.78, 5) is 15.1. The van der Waals surface area contributed by atoms with Gasteiger partial charge in [-0.1, -0.05) is 6.08 Å². The Labute approximate surface area is 109 Å². The summed E-state index contributed by atoms with van der Waals surface area (Å²) in [5.41, 5.74) is 2.36. The Morgan fingerprint density at radius 1 is 1.84 bits per heavy atom. The van der Waals surface area contributed by atoms with Crippen LogP contribution in [0.2, 0.25) is 0 Å². The minimum atomic E-state index is -2.12. The van der Waals surface area contributed by atoms with Gasteiger partial charge in [0.25, 0.3) is 0 Å². The van der Waals surface area contributed by atoms with Crippen molar-refractivity contribution >= 4 is 5.82 Å². The van der Waals surface area contributed by atoms with E-state index in [0.29, 0.717) is 0 Å². The van der Waals surface area contributed by atoms with Crippen molar-refractivity contribution in [2.24, 2.45) is 0 Å². The molecule has 0 aromatic carbocycles. The zero-order valence-electron chi connectivity index (χ0n) is 10.8. The number of halogens is 1. The minimum absolute atomic E-state index is 0.0361. The van der Waals surface area contributed by atoms with Crippen molar-refractivity contribution in [1.29, 1.82) is 0 Å². The second kappa shape index (κ2) is 4.72. The maximum atomic E-state index is 14.1. The number of aromatic nitrogens is 2. The Morgan fingerprint density at radius 2 is 2.53 bits per heavy atom. The van der Waals surface area contributed by atoms with Gasteiger partial charge in [-0.3, -0.25) is 4.57 Å². The number of alkyl halides is 1. The lowest BCUT2D eigenvalue weighted by Gasteiger charge is -2.24. The van der Waals surface area contributed by atoms with E-state index < -0.39 is 36.4 Å². The molecule has 1 aromatic heterocycles. The largest absolute Gasteiger partial charge is 0.393 e. The van der Waals surface area contributed by atoms with E-state index in [0.717, 1.165) is 10.6 Å². The topological polar surface area (TPSA) is 111 Å². The van der Waals surface area contributed by atoms with Gasteiger partial charge in [0, 0.05) is 6.20 Å². The fraction of sp³-hybridized carbons (Fsp3) is 0.455. The summed E-state index contributed by atoms with van der Waals surface area (Å²) in [7, 11) is 0. The molecule has 1 saturated heterocycles. The lowest BCUT2D eigenvalue weighted by atomic mass is 9.98. The normalized spacial score (nSPS) is 36.8. The lowest BCUT2D eigenvalue weighted by Crippen LogP contribution is -2.41. The van der Waals surface area contributed by atoms with Gasteiger partial charge in [-0.15, -0.1) is 6.58 Å². The fourth-order valence-corrected chi connectivity index (χ4v) is 1.91. The molecule has 1 fully saturated rings. The molecule has 1 aliphatic heterocycles. The number of ether oxygens (including phenoxy) is 1. The third kappa shape index (κ3) is 2.03. The van der Waals surface area contributed by atoms with E-state index in [1.165, 1.54) is 12.3 Å². The first-order valence-corrected chi connectivity index (χ1v) is 5.42. The van der Waals surface area contributed by atoms with Gasteiger partial charge in [-0.05, 0) is 6.07 Å². The van der Waals surface area contributed by atoms with Gasteiger partial charge >= 0.3 is 5.69 Å². The van der Waals surface area contributed by atoms with Crippen molar-refractivity contribution in [3.8, 4) is 0 Å². The van der Waals surface area contributed by atoms with Gasteiger partial charge in [-0.2, -0.15) is 4.98 Å². The van der Waals surface area contributed by atoms with Gasteiger partial charge in [0.2, 0.25) is 0 Å². The van der Waals surface area contributed by atoms with Crippen LogP contribution in [0.5, 0.6) is 0 Å². The summed E-state index contributed by atoms with van der Waals surface area (Å²) in [5, 5.41) is 19.2. The Balaban J connectivity index is 2.45. The highest BCUT2D eigenvalue weighted by molar-refractivity contribution is 5.24. The number of nitrogen functional groups attached to an aromatic ring is 1. The minimum Gasteiger partial charge on any atom is -0.393 e. The molecular weight excluding hydrogens is 257 g/mol. The average molecular weight is 272 g/mol. The molecule has 2 rings (SSSR count). The van der Waals surface area contributed by atoms with Crippen LogP contribution in [0.15, 0.2) is 29.7 Å². The maximum Gasteiger partial charge on any atom is 0.351 e. The third-order valence-corrected chi connectivity index (χ3v) is 2.99. The fourth-order valence-electron chi connectivity index (χ4n) is 1.91.